The number of nitro groups is 1. The molecule has 2 heterocycles. The molecule has 22 heavy (non-hydrogen) atoms. The highest BCUT2D eigenvalue weighted by molar-refractivity contribution is 6.06. The van der Waals surface area contributed by atoms with Crippen LogP contribution in [0.4, 0.5) is 11.4 Å². The van der Waals surface area contributed by atoms with Crippen molar-refractivity contribution in [3.63, 3.8) is 0 Å². The number of aromatic nitrogens is 1. The van der Waals surface area contributed by atoms with E-state index < -0.39 is 16.5 Å². The van der Waals surface area contributed by atoms with Gasteiger partial charge in [-0.25, -0.2) is 4.79 Å². The van der Waals surface area contributed by atoms with E-state index in [0.717, 1.165) is 0 Å². The summed E-state index contributed by atoms with van der Waals surface area (Å²) >= 11 is 0. The molecule has 0 saturated heterocycles. The Morgan fingerprint density at radius 3 is 2.82 bits per heavy atom. The van der Waals surface area contributed by atoms with Gasteiger partial charge in [-0.15, -0.1) is 0 Å². The summed E-state index contributed by atoms with van der Waals surface area (Å²) in [7, 11) is 1.51. The fourth-order valence-corrected chi connectivity index (χ4v) is 2.55. The maximum absolute atomic E-state index is 12.4. The summed E-state index contributed by atoms with van der Waals surface area (Å²) in [6.45, 7) is 1.91. The lowest BCUT2D eigenvalue weighted by Gasteiger charge is -2.15. The predicted octanol–water partition coefficient (Wildman–Crippen LogP) is 1.42. The van der Waals surface area contributed by atoms with E-state index in [9.17, 15) is 19.7 Å². The number of ether oxygens (including phenoxy) is 1. The molecule has 1 aliphatic rings. The number of rotatable bonds is 1. The van der Waals surface area contributed by atoms with Crippen LogP contribution in [0.3, 0.4) is 0 Å². The van der Waals surface area contributed by atoms with Crippen molar-refractivity contribution in [3.05, 3.63) is 44.2 Å². The van der Waals surface area contributed by atoms with Gasteiger partial charge < -0.3 is 14.6 Å². The first-order valence-electron chi connectivity index (χ1n) is 6.65. The van der Waals surface area contributed by atoms with Crippen molar-refractivity contribution < 1.29 is 14.5 Å². The molecule has 1 aromatic heterocycles. The van der Waals surface area contributed by atoms with Crippen LogP contribution in [-0.4, -0.2) is 28.1 Å². The van der Waals surface area contributed by atoms with Crippen molar-refractivity contribution in [1.82, 2.24) is 4.57 Å². The quantitative estimate of drug-likeness (QED) is 0.485. The average Bonchev–Trinajstić information content (AvgIpc) is 2.63. The molecule has 1 aromatic carbocycles. The molecule has 114 valence electrons. The van der Waals surface area contributed by atoms with Gasteiger partial charge in [0.05, 0.1) is 22.2 Å². The van der Waals surface area contributed by atoms with Crippen LogP contribution in [0.5, 0.6) is 0 Å². The number of nitro benzene ring substituents is 1. The second kappa shape index (κ2) is 4.83. The van der Waals surface area contributed by atoms with Gasteiger partial charge in [0.1, 0.15) is 12.2 Å². The minimum atomic E-state index is -0.721. The predicted molar refractivity (Wildman–Crippen MR) is 79.2 cm³/mol. The van der Waals surface area contributed by atoms with E-state index in [1.807, 2.05) is 0 Å². The third-order valence-corrected chi connectivity index (χ3v) is 3.65. The van der Waals surface area contributed by atoms with Crippen LogP contribution >= 0.6 is 0 Å². The third-order valence-electron chi connectivity index (χ3n) is 3.65. The summed E-state index contributed by atoms with van der Waals surface area (Å²) in [5, 5.41) is 14.5. The van der Waals surface area contributed by atoms with Gasteiger partial charge in [0.15, 0.2) is 0 Å². The highest BCUT2D eigenvalue weighted by Crippen LogP contribution is 2.30. The Hall–Kier alpha value is -2.90. The Bertz CT molecular complexity index is 871. The maximum atomic E-state index is 12.4. The van der Waals surface area contributed by atoms with E-state index in [1.165, 1.54) is 29.8 Å². The van der Waals surface area contributed by atoms with E-state index in [2.05, 4.69) is 5.32 Å². The molecule has 0 bridgehead atoms. The van der Waals surface area contributed by atoms with Crippen molar-refractivity contribution in [1.29, 1.82) is 0 Å². The van der Waals surface area contributed by atoms with Crippen molar-refractivity contribution in [2.24, 2.45) is 7.05 Å². The van der Waals surface area contributed by atoms with E-state index in [0.29, 0.717) is 10.9 Å². The molecular formula is C14H13N3O5. The smallest absolute Gasteiger partial charge is 0.346 e. The van der Waals surface area contributed by atoms with Gasteiger partial charge >= 0.3 is 5.97 Å². The van der Waals surface area contributed by atoms with E-state index in [4.69, 9.17) is 4.74 Å². The van der Waals surface area contributed by atoms with Gasteiger partial charge in [0.2, 0.25) is 0 Å². The number of carbonyl (C=O) groups is 1. The SMILES string of the molecule is CC1COC(=O)c2c(c3cc([N+](=O)[O-])ccc3n(C)c2=O)N1. The van der Waals surface area contributed by atoms with E-state index >= 15 is 0 Å². The fourth-order valence-electron chi connectivity index (χ4n) is 2.55. The summed E-state index contributed by atoms with van der Waals surface area (Å²) in [5.74, 6) is -0.721. The van der Waals surface area contributed by atoms with Gasteiger partial charge in [0, 0.05) is 24.6 Å². The Morgan fingerprint density at radius 1 is 1.41 bits per heavy atom. The number of hydrogen-bond donors (Lipinski definition) is 1. The summed E-state index contributed by atoms with van der Waals surface area (Å²) in [4.78, 5) is 34.9. The number of pyridine rings is 1. The minimum absolute atomic E-state index is 0.111. The molecule has 1 unspecified atom stereocenters. The maximum Gasteiger partial charge on any atom is 0.346 e. The molecule has 3 rings (SSSR count). The first-order chi connectivity index (χ1) is 10.4. The molecule has 8 heteroatoms. The zero-order chi connectivity index (χ0) is 16.0. The molecule has 8 nitrogen and oxygen atoms in total. The van der Waals surface area contributed by atoms with Crippen LogP contribution in [-0.2, 0) is 11.8 Å². The number of cyclic esters (lactones) is 1. The largest absolute Gasteiger partial charge is 0.460 e. The van der Waals surface area contributed by atoms with Crippen LogP contribution in [0.2, 0.25) is 0 Å². The number of aryl methyl sites for hydroxylation is 1. The Labute approximate surface area is 124 Å². The summed E-state index contributed by atoms with van der Waals surface area (Å²) in [6.07, 6.45) is 0. The lowest BCUT2D eigenvalue weighted by molar-refractivity contribution is -0.384. The summed E-state index contributed by atoms with van der Waals surface area (Å²) in [5.41, 5.74) is 0.0590. The second-order valence-corrected chi connectivity index (χ2v) is 5.22. The van der Waals surface area contributed by atoms with Crippen molar-refractivity contribution in [3.8, 4) is 0 Å². The molecular weight excluding hydrogens is 290 g/mol. The normalized spacial score (nSPS) is 17.4. The molecule has 0 spiro atoms. The number of nitrogens with one attached hydrogen (secondary N) is 1. The number of nitrogens with zero attached hydrogens (tertiary/aromatic N) is 2. The summed E-state index contributed by atoms with van der Waals surface area (Å²) in [6, 6.07) is 3.97. The lowest BCUT2D eigenvalue weighted by atomic mass is 10.1. The molecule has 0 saturated carbocycles. The highest BCUT2D eigenvalue weighted by Gasteiger charge is 2.27. The van der Waals surface area contributed by atoms with Crippen molar-refractivity contribution in [2.75, 3.05) is 11.9 Å². The highest BCUT2D eigenvalue weighted by atomic mass is 16.6. The van der Waals surface area contributed by atoms with Crippen LogP contribution in [0.1, 0.15) is 17.3 Å². The number of benzene rings is 1. The van der Waals surface area contributed by atoms with Crippen LogP contribution in [0.25, 0.3) is 10.9 Å². The Morgan fingerprint density at radius 2 is 2.14 bits per heavy atom. The zero-order valence-electron chi connectivity index (χ0n) is 12.0. The Balaban J connectivity index is 2.45. The van der Waals surface area contributed by atoms with Crippen LogP contribution in [0, 0.1) is 10.1 Å². The number of non-ortho nitro benzene ring substituents is 1. The fraction of sp³-hybridized carbons (Fsp3) is 0.286. The molecule has 0 radical (unpaired) electrons. The first-order valence-corrected chi connectivity index (χ1v) is 6.65. The van der Waals surface area contributed by atoms with Gasteiger partial charge in [-0.3, -0.25) is 14.9 Å². The van der Waals surface area contributed by atoms with Gasteiger partial charge in [-0.05, 0) is 13.0 Å². The molecule has 0 fully saturated rings. The summed E-state index contributed by atoms with van der Waals surface area (Å²) < 4.78 is 6.34. The molecule has 1 atom stereocenters. The molecule has 0 aliphatic carbocycles. The second-order valence-electron chi connectivity index (χ2n) is 5.22. The van der Waals surface area contributed by atoms with E-state index in [-0.39, 0.29) is 29.6 Å². The molecule has 1 N–H and O–H groups in total. The standard InChI is InChI=1S/C14H13N3O5/c1-7-6-22-14(19)11-12(15-7)9-5-8(17(20)21)3-4-10(9)16(2)13(11)18/h3-5,7,15H,6H2,1-2H3. The Kier molecular flexibility index (Phi) is 3.09. The monoisotopic (exact) mass is 303 g/mol. The molecule has 1 aliphatic heterocycles. The molecule has 2 aromatic rings. The number of anilines is 1. The van der Waals surface area contributed by atoms with Crippen molar-refractivity contribution >= 4 is 28.2 Å². The van der Waals surface area contributed by atoms with Gasteiger partial charge in [0.25, 0.3) is 11.2 Å². The van der Waals surface area contributed by atoms with Gasteiger partial charge in [-0.2, -0.15) is 0 Å². The lowest BCUT2D eigenvalue weighted by Crippen LogP contribution is -2.26. The number of esters is 1. The minimum Gasteiger partial charge on any atom is -0.460 e. The average molecular weight is 303 g/mol. The third kappa shape index (κ3) is 2.00. The van der Waals surface area contributed by atoms with Crippen LogP contribution < -0.4 is 10.9 Å². The number of hydrogen-bond acceptors (Lipinski definition) is 6. The van der Waals surface area contributed by atoms with Crippen molar-refractivity contribution in [2.45, 2.75) is 13.0 Å². The zero-order valence-corrected chi connectivity index (χ0v) is 12.0. The number of carbonyl (C=O) groups excluding carboxylic acids is 1. The van der Waals surface area contributed by atoms with Gasteiger partial charge in [-0.1, -0.05) is 0 Å². The van der Waals surface area contributed by atoms with E-state index in [1.54, 1.807) is 6.92 Å². The topological polar surface area (TPSA) is 103 Å². The van der Waals surface area contributed by atoms with Crippen LogP contribution in [0.15, 0.2) is 23.0 Å². The molecule has 0 amide bonds. The number of fused-ring (bicyclic) bond motifs is 3. The first kappa shape index (κ1) is 14.1.